The van der Waals surface area contributed by atoms with E-state index >= 15 is 0 Å². The fourth-order valence-corrected chi connectivity index (χ4v) is 1.70. The summed E-state index contributed by atoms with van der Waals surface area (Å²) in [4.78, 5) is 2.84. The number of hydrogen-bond donors (Lipinski definition) is 1. The van der Waals surface area contributed by atoms with E-state index in [9.17, 15) is 0 Å². The van der Waals surface area contributed by atoms with Crippen LogP contribution < -0.4 is 5.73 Å². The normalized spacial score (nSPS) is 25.0. The maximum absolute atomic E-state index is 5.54. The van der Waals surface area contributed by atoms with Crippen LogP contribution in [-0.2, 0) is 4.74 Å². The van der Waals surface area contributed by atoms with Crippen molar-refractivity contribution in [1.82, 2.24) is 4.90 Å². The van der Waals surface area contributed by atoms with E-state index in [1.165, 1.54) is 0 Å². The van der Waals surface area contributed by atoms with E-state index < -0.39 is 0 Å². The molecule has 1 aliphatic heterocycles. The lowest BCUT2D eigenvalue weighted by molar-refractivity contribution is 0.00315. The van der Waals surface area contributed by atoms with Gasteiger partial charge in [0.1, 0.15) is 11.1 Å². The summed E-state index contributed by atoms with van der Waals surface area (Å²) < 4.78 is 5.44. The maximum Gasteiger partial charge on any atom is 0.120 e. The first-order valence-corrected chi connectivity index (χ1v) is 5.13. The molecule has 4 heteroatoms. The zero-order valence-corrected chi connectivity index (χ0v) is 9.14. The minimum atomic E-state index is -0.0394. The molecule has 0 aromatic rings. The number of rotatable bonds is 3. The Labute approximate surface area is 85.2 Å². The van der Waals surface area contributed by atoms with Crippen LogP contribution in [0.25, 0.3) is 0 Å². The summed E-state index contributed by atoms with van der Waals surface area (Å²) in [5.41, 5.74) is 5.54. The van der Waals surface area contributed by atoms with Gasteiger partial charge in [0.25, 0.3) is 0 Å². The molecule has 76 valence electrons. The molecule has 0 aliphatic carbocycles. The molecule has 1 fully saturated rings. The molecule has 1 saturated heterocycles. The number of morpholine rings is 1. The van der Waals surface area contributed by atoms with Gasteiger partial charge in [0.05, 0.1) is 6.61 Å². The standard InChI is InChI=1S/C9H18N2OS/c1-7(2)5-11-3-4-12-8(6-11)9(10)13/h7-8H,3-6H2,1-2H3,(H2,10,13). The Morgan fingerprint density at radius 2 is 2.38 bits per heavy atom. The van der Waals surface area contributed by atoms with Crippen LogP contribution >= 0.6 is 12.2 Å². The summed E-state index contributed by atoms with van der Waals surface area (Å²) in [5, 5.41) is 0. The van der Waals surface area contributed by atoms with Crippen molar-refractivity contribution >= 4 is 17.2 Å². The Morgan fingerprint density at radius 3 is 2.92 bits per heavy atom. The third-order valence-corrected chi connectivity index (χ3v) is 2.35. The number of ether oxygens (including phenoxy) is 1. The van der Waals surface area contributed by atoms with Crippen molar-refractivity contribution in [2.24, 2.45) is 11.7 Å². The number of thiocarbonyl (C=S) groups is 1. The minimum absolute atomic E-state index is 0.0394. The van der Waals surface area contributed by atoms with Crippen molar-refractivity contribution in [2.45, 2.75) is 20.0 Å². The van der Waals surface area contributed by atoms with Gasteiger partial charge in [-0.25, -0.2) is 0 Å². The summed E-state index contributed by atoms with van der Waals surface area (Å²) >= 11 is 4.91. The Hall–Kier alpha value is -0.190. The summed E-state index contributed by atoms with van der Waals surface area (Å²) in [5.74, 6) is 0.685. The molecule has 0 spiro atoms. The Balaban J connectivity index is 2.37. The molecule has 2 N–H and O–H groups in total. The van der Waals surface area contributed by atoms with Crippen LogP contribution in [0.15, 0.2) is 0 Å². The number of hydrogen-bond acceptors (Lipinski definition) is 3. The molecule has 0 amide bonds. The van der Waals surface area contributed by atoms with Crippen LogP contribution in [0.4, 0.5) is 0 Å². The molecule has 0 bridgehead atoms. The second-order valence-electron chi connectivity index (χ2n) is 3.92. The average Bonchev–Trinajstić information content (AvgIpc) is 2.03. The zero-order valence-electron chi connectivity index (χ0n) is 8.32. The van der Waals surface area contributed by atoms with E-state index in [2.05, 4.69) is 18.7 Å². The lowest BCUT2D eigenvalue weighted by Crippen LogP contribution is -2.48. The molecule has 1 rings (SSSR count). The molecule has 1 heterocycles. The van der Waals surface area contributed by atoms with Gasteiger partial charge in [-0.1, -0.05) is 26.1 Å². The lowest BCUT2D eigenvalue weighted by Gasteiger charge is -2.33. The highest BCUT2D eigenvalue weighted by molar-refractivity contribution is 7.80. The van der Waals surface area contributed by atoms with E-state index in [4.69, 9.17) is 22.7 Å². The predicted molar refractivity (Wildman–Crippen MR) is 57.8 cm³/mol. The Bertz CT molecular complexity index is 184. The highest BCUT2D eigenvalue weighted by Crippen LogP contribution is 2.07. The van der Waals surface area contributed by atoms with Crippen molar-refractivity contribution in [3.8, 4) is 0 Å². The lowest BCUT2D eigenvalue weighted by atomic mass is 10.2. The fraction of sp³-hybridized carbons (Fsp3) is 0.889. The van der Waals surface area contributed by atoms with Crippen LogP contribution in [-0.4, -0.2) is 42.2 Å². The molecule has 13 heavy (non-hydrogen) atoms. The molecule has 0 aromatic heterocycles. The van der Waals surface area contributed by atoms with Gasteiger partial charge in [-0.15, -0.1) is 0 Å². The topological polar surface area (TPSA) is 38.5 Å². The van der Waals surface area contributed by atoms with Crippen LogP contribution in [0.2, 0.25) is 0 Å². The first-order chi connectivity index (χ1) is 6.09. The van der Waals surface area contributed by atoms with Crippen molar-refractivity contribution < 1.29 is 4.74 Å². The summed E-state index contributed by atoms with van der Waals surface area (Å²) in [7, 11) is 0. The van der Waals surface area contributed by atoms with Gasteiger partial charge in [-0.2, -0.15) is 0 Å². The second kappa shape index (κ2) is 4.88. The van der Waals surface area contributed by atoms with Crippen LogP contribution in [0.1, 0.15) is 13.8 Å². The van der Waals surface area contributed by atoms with E-state index in [0.717, 1.165) is 26.2 Å². The number of nitrogens with two attached hydrogens (primary N) is 1. The maximum atomic E-state index is 5.54. The van der Waals surface area contributed by atoms with Crippen molar-refractivity contribution in [3.05, 3.63) is 0 Å². The van der Waals surface area contributed by atoms with E-state index in [1.807, 2.05) is 0 Å². The van der Waals surface area contributed by atoms with E-state index in [0.29, 0.717) is 10.9 Å². The molecule has 3 nitrogen and oxygen atoms in total. The molecule has 1 atom stereocenters. The monoisotopic (exact) mass is 202 g/mol. The molecule has 0 aromatic carbocycles. The summed E-state index contributed by atoms with van der Waals surface area (Å²) in [6, 6.07) is 0. The van der Waals surface area contributed by atoms with Gasteiger partial charge >= 0.3 is 0 Å². The van der Waals surface area contributed by atoms with Gasteiger partial charge in [0, 0.05) is 19.6 Å². The van der Waals surface area contributed by atoms with Crippen LogP contribution in [0.3, 0.4) is 0 Å². The van der Waals surface area contributed by atoms with Crippen LogP contribution in [0, 0.1) is 5.92 Å². The molecule has 1 aliphatic rings. The van der Waals surface area contributed by atoms with Crippen LogP contribution in [0.5, 0.6) is 0 Å². The molecule has 1 unspecified atom stereocenters. The number of nitrogens with zero attached hydrogens (tertiary/aromatic N) is 1. The predicted octanol–water partition coefficient (Wildman–Crippen LogP) is 0.629. The quantitative estimate of drug-likeness (QED) is 0.681. The summed E-state index contributed by atoms with van der Waals surface area (Å²) in [6.07, 6.45) is -0.0394. The van der Waals surface area contributed by atoms with Crippen molar-refractivity contribution in [1.29, 1.82) is 0 Å². The van der Waals surface area contributed by atoms with E-state index in [-0.39, 0.29) is 6.10 Å². The van der Waals surface area contributed by atoms with Gasteiger partial charge < -0.3 is 10.5 Å². The van der Waals surface area contributed by atoms with Gasteiger partial charge in [0.15, 0.2) is 0 Å². The second-order valence-corrected chi connectivity index (χ2v) is 4.39. The molecular formula is C9H18N2OS. The largest absolute Gasteiger partial charge is 0.391 e. The van der Waals surface area contributed by atoms with E-state index in [1.54, 1.807) is 0 Å². The summed E-state index contributed by atoms with van der Waals surface area (Å²) in [6.45, 7) is 8.12. The molecular weight excluding hydrogens is 184 g/mol. The SMILES string of the molecule is CC(C)CN1CCOC(C(N)=S)C1. The fourth-order valence-electron chi connectivity index (χ4n) is 1.56. The molecule has 0 radical (unpaired) electrons. The Morgan fingerprint density at radius 1 is 1.69 bits per heavy atom. The minimum Gasteiger partial charge on any atom is -0.391 e. The third-order valence-electron chi connectivity index (χ3n) is 2.09. The van der Waals surface area contributed by atoms with Gasteiger partial charge in [0.2, 0.25) is 0 Å². The van der Waals surface area contributed by atoms with Gasteiger partial charge in [-0.3, -0.25) is 4.90 Å². The zero-order chi connectivity index (χ0) is 9.84. The smallest absolute Gasteiger partial charge is 0.120 e. The molecule has 0 saturated carbocycles. The van der Waals surface area contributed by atoms with Crippen molar-refractivity contribution in [2.75, 3.05) is 26.2 Å². The highest BCUT2D eigenvalue weighted by Gasteiger charge is 2.22. The van der Waals surface area contributed by atoms with Crippen molar-refractivity contribution in [3.63, 3.8) is 0 Å². The first kappa shape index (κ1) is 10.9. The first-order valence-electron chi connectivity index (χ1n) is 4.73. The highest BCUT2D eigenvalue weighted by atomic mass is 32.1. The van der Waals surface area contributed by atoms with Gasteiger partial charge in [-0.05, 0) is 5.92 Å². The third kappa shape index (κ3) is 3.58. The Kier molecular flexibility index (Phi) is 4.09. The average molecular weight is 202 g/mol.